The van der Waals surface area contributed by atoms with Gasteiger partial charge >= 0.3 is 19.8 Å². The lowest BCUT2D eigenvalue weighted by atomic mass is 9.85. The molecule has 6 N–H and O–H groups in total. The highest BCUT2D eigenvalue weighted by Gasteiger charge is 2.51. The molecule has 14 heteroatoms. The molecule has 1 fully saturated rings. The molecule has 0 aliphatic heterocycles. The molecule has 0 aromatic rings. The Morgan fingerprint density at radius 1 is 0.492 bits per heavy atom. The van der Waals surface area contributed by atoms with Gasteiger partial charge in [-0.3, -0.25) is 18.6 Å². The van der Waals surface area contributed by atoms with Gasteiger partial charge in [0.1, 0.15) is 43.2 Å². The van der Waals surface area contributed by atoms with Gasteiger partial charge in [-0.2, -0.15) is 0 Å². The van der Waals surface area contributed by atoms with Crippen LogP contribution in [0.25, 0.3) is 0 Å². The number of hydrogen-bond acceptors (Lipinski definition) is 12. The average Bonchev–Trinajstić information content (AvgIpc) is 3.24. The molecular formula is C47H89O13P. The van der Waals surface area contributed by atoms with Crippen LogP contribution in [0.2, 0.25) is 0 Å². The summed E-state index contributed by atoms with van der Waals surface area (Å²) in [6.45, 7) is 3.32. The van der Waals surface area contributed by atoms with Gasteiger partial charge in [-0.05, 0) is 38.5 Å². The van der Waals surface area contributed by atoms with Crippen LogP contribution in [-0.4, -0.2) is 98.3 Å². The number of ether oxygens (including phenoxy) is 2. The number of carbonyl (C=O) groups is 2. The highest BCUT2D eigenvalue weighted by Crippen LogP contribution is 2.47. The Bertz CT molecular complexity index is 1120. The minimum atomic E-state index is -5.12. The molecule has 0 spiro atoms. The van der Waals surface area contributed by atoms with Gasteiger partial charge in [0.15, 0.2) is 6.10 Å². The summed E-state index contributed by atoms with van der Waals surface area (Å²) < 4.78 is 33.6. The zero-order chi connectivity index (χ0) is 45.0. The van der Waals surface area contributed by atoms with Crippen LogP contribution in [0.4, 0.5) is 0 Å². The van der Waals surface area contributed by atoms with Crippen molar-refractivity contribution in [1.82, 2.24) is 0 Å². The monoisotopic (exact) mass is 893 g/mol. The zero-order valence-corrected chi connectivity index (χ0v) is 39.1. The predicted octanol–water partition coefficient (Wildman–Crippen LogP) is 9.84. The summed E-state index contributed by atoms with van der Waals surface area (Å²) in [7, 11) is -5.12. The van der Waals surface area contributed by atoms with Crippen molar-refractivity contribution < 1.29 is 63.1 Å². The van der Waals surface area contributed by atoms with E-state index in [1.165, 1.54) is 122 Å². The van der Waals surface area contributed by atoms with Gasteiger partial charge in [-0.25, -0.2) is 4.57 Å². The van der Waals surface area contributed by atoms with Crippen molar-refractivity contribution in [3.63, 3.8) is 0 Å². The van der Waals surface area contributed by atoms with Gasteiger partial charge in [-0.15, -0.1) is 0 Å². The van der Waals surface area contributed by atoms with Crippen molar-refractivity contribution >= 4 is 19.8 Å². The summed E-state index contributed by atoms with van der Waals surface area (Å²) in [6, 6.07) is 0. The Balaban J connectivity index is 2.43. The quantitative estimate of drug-likeness (QED) is 0.0146. The number of allylic oxidation sites excluding steroid dienone is 2. The Kier molecular flexibility index (Phi) is 35.8. The van der Waals surface area contributed by atoms with E-state index in [0.29, 0.717) is 12.8 Å². The summed E-state index contributed by atoms with van der Waals surface area (Å²) in [5.74, 6) is -1.10. The topological polar surface area (TPSA) is 210 Å². The molecular weight excluding hydrogens is 803 g/mol. The van der Waals surface area contributed by atoms with E-state index in [-0.39, 0.29) is 12.8 Å². The maximum Gasteiger partial charge on any atom is 0.472 e. The lowest BCUT2D eigenvalue weighted by molar-refractivity contribution is -0.220. The number of aliphatic hydroxyl groups excluding tert-OH is 5. The van der Waals surface area contributed by atoms with Gasteiger partial charge in [0.2, 0.25) is 0 Å². The Morgan fingerprint density at radius 2 is 0.836 bits per heavy atom. The number of rotatable bonds is 41. The standard InChI is InChI=1S/C47H89O13P/c1-3-5-7-9-11-13-15-17-19-21-23-25-27-29-31-33-35-40(48)57-37-39(38-58-61(55,56)60-47-45(53)43(51)42(50)44(52)46(47)54)59-41(49)36-34-32-30-28-26-24-22-20-18-16-14-12-10-8-6-4-2/h19,21,39,42-47,50-54H,3-18,20,22-38H2,1-2H3,(H,55,56)/b21-19-/t39-,42?,43-,44?,45?,46?,47?/m1/s1. The maximum atomic E-state index is 12.8. The number of phosphoric ester groups is 1. The molecule has 1 saturated carbocycles. The fraction of sp³-hybridized carbons (Fsp3) is 0.915. The average molecular weight is 893 g/mol. The van der Waals surface area contributed by atoms with E-state index in [2.05, 4.69) is 26.0 Å². The molecule has 61 heavy (non-hydrogen) atoms. The van der Waals surface area contributed by atoms with Crippen molar-refractivity contribution in [3.05, 3.63) is 12.2 Å². The van der Waals surface area contributed by atoms with Gasteiger partial charge in [-0.1, -0.05) is 180 Å². The SMILES string of the molecule is CCCCCCCCC/C=C\CCCCCCCC(=O)OC[C@H](COP(=O)(O)OC1C(O)C(O)C(O)[C@@H](O)C1O)OC(=O)CCCCCCCCCCCCCCCCCC. The highest BCUT2D eigenvalue weighted by atomic mass is 31.2. The van der Waals surface area contributed by atoms with Crippen LogP contribution in [-0.2, 0) is 32.7 Å². The van der Waals surface area contributed by atoms with Crippen molar-refractivity contribution in [2.75, 3.05) is 13.2 Å². The van der Waals surface area contributed by atoms with E-state index in [4.69, 9.17) is 18.5 Å². The lowest BCUT2D eigenvalue weighted by Crippen LogP contribution is -2.64. The molecule has 0 bridgehead atoms. The highest BCUT2D eigenvalue weighted by molar-refractivity contribution is 7.47. The van der Waals surface area contributed by atoms with Crippen molar-refractivity contribution in [3.8, 4) is 0 Å². The first-order valence-corrected chi connectivity index (χ1v) is 26.0. The van der Waals surface area contributed by atoms with E-state index < -0.39 is 75.7 Å². The minimum absolute atomic E-state index is 0.101. The summed E-state index contributed by atoms with van der Waals surface area (Å²) in [6.07, 6.45) is 26.9. The second-order valence-corrected chi connectivity index (χ2v) is 18.7. The van der Waals surface area contributed by atoms with E-state index in [9.17, 15) is 44.6 Å². The van der Waals surface area contributed by atoms with Gasteiger partial charge in [0.05, 0.1) is 6.61 Å². The molecule has 1 aliphatic carbocycles. The Labute approximate surface area is 369 Å². The molecule has 13 nitrogen and oxygen atoms in total. The van der Waals surface area contributed by atoms with Gasteiger partial charge in [0.25, 0.3) is 0 Å². The van der Waals surface area contributed by atoms with Crippen LogP contribution in [0, 0.1) is 0 Å². The third-order valence-corrected chi connectivity index (χ3v) is 12.6. The smallest absolute Gasteiger partial charge is 0.462 e. The number of unbranched alkanes of at least 4 members (excludes halogenated alkanes) is 27. The molecule has 0 aromatic heterocycles. The molecule has 0 amide bonds. The molecule has 0 heterocycles. The van der Waals surface area contributed by atoms with E-state index in [1.54, 1.807) is 0 Å². The van der Waals surface area contributed by atoms with Crippen molar-refractivity contribution in [2.24, 2.45) is 0 Å². The number of hydrogen-bond donors (Lipinski definition) is 6. The van der Waals surface area contributed by atoms with Crippen LogP contribution in [0.15, 0.2) is 12.2 Å². The Hall–Kier alpha value is -1.41. The van der Waals surface area contributed by atoms with E-state index in [1.807, 2.05) is 0 Å². The third-order valence-electron chi connectivity index (χ3n) is 11.6. The second-order valence-electron chi connectivity index (χ2n) is 17.3. The van der Waals surface area contributed by atoms with Crippen LogP contribution < -0.4 is 0 Å². The molecule has 6 unspecified atom stereocenters. The molecule has 360 valence electrons. The summed E-state index contributed by atoms with van der Waals surface area (Å²) in [4.78, 5) is 35.7. The number of aliphatic hydroxyl groups is 5. The first-order valence-electron chi connectivity index (χ1n) is 24.5. The molecule has 1 aliphatic rings. The Morgan fingerprint density at radius 3 is 1.25 bits per heavy atom. The molecule has 0 radical (unpaired) electrons. The summed E-state index contributed by atoms with van der Waals surface area (Å²) in [5.41, 5.74) is 0. The lowest BCUT2D eigenvalue weighted by Gasteiger charge is -2.41. The number of phosphoric acid groups is 1. The van der Waals surface area contributed by atoms with Crippen LogP contribution >= 0.6 is 7.82 Å². The number of carbonyl (C=O) groups excluding carboxylic acids is 2. The second kappa shape index (κ2) is 37.9. The first-order chi connectivity index (χ1) is 29.4. The van der Waals surface area contributed by atoms with Gasteiger partial charge in [0, 0.05) is 12.8 Å². The zero-order valence-electron chi connectivity index (χ0n) is 38.2. The largest absolute Gasteiger partial charge is 0.472 e. The first kappa shape index (κ1) is 57.6. The maximum absolute atomic E-state index is 12.8. The van der Waals surface area contributed by atoms with Crippen LogP contribution in [0.5, 0.6) is 0 Å². The molecule has 8 atom stereocenters. The summed E-state index contributed by atoms with van der Waals surface area (Å²) >= 11 is 0. The minimum Gasteiger partial charge on any atom is -0.462 e. The van der Waals surface area contributed by atoms with Gasteiger partial charge < -0.3 is 39.9 Å². The van der Waals surface area contributed by atoms with Crippen molar-refractivity contribution in [2.45, 2.75) is 262 Å². The predicted molar refractivity (Wildman–Crippen MR) is 240 cm³/mol. The van der Waals surface area contributed by atoms with Crippen LogP contribution in [0.3, 0.4) is 0 Å². The normalized spacial score (nSPS) is 22.0. The molecule has 0 saturated heterocycles. The van der Waals surface area contributed by atoms with E-state index >= 15 is 0 Å². The third kappa shape index (κ3) is 30.4. The van der Waals surface area contributed by atoms with Crippen molar-refractivity contribution in [1.29, 1.82) is 0 Å². The number of esters is 2. The fourth-order valence-corrected chi connectivity index (χ4v) is 8.61. The fourth-order valence-electron chi connectivity index (χ4n) is 7.64. The van der Waals surface area contributed by atoms with E-state index in [0.717, 1.165) is 57.8 Å². The molecule has 0 aromatic carbocycles. The van der Waals surface area contributed by atoms with Crippen LogP contribution in [0.1, 0.15) is 219 Å². The summed E-state index contributed by atoms with van der Waals surface area (Å²) in [5, 5.41) is 50.2. The molecule has 1 rings (SSSR count).